The number of fused-ring (bicyclic) bond motifs is 1. The molecule has 0 aliphatic rings. The standard InChI is InChI=1S/C15H14N4O2S/c1-2-7-19-14(17-18-15(19)22-9-13(16)20)12-8-10-5-3-4-6-11(10)21-12/h2-6,8H,1,7,9H2,(H2,16,20). The van der Waals surface area contributed by atoms with Gasteiger partial charge in [-0.2, -0.15) is 0 Å². The lowest BCUT2D eigenvalue weighted by Crippen LogP contribution is -2.13. The summed E-state index contributed by atoms with van der Waals surface area (Å²) in [6.07, 6.45) is 1.74. The van der Waals surface area contributed by atoms with E-state index in [4.69, 9.17) is 10.2 Å². The molecule has 0 spiro atoms. The molecule has 0 saturated carbocycles. The van der Waals surface area contributed by atoms with E-state index < -0.39 is 5.91 Å². The molecule has 0 fully saturated rings. The minimum Gasteiger partial charge on any atom is -0.453 e. The summed E-state index contributed by atoms with van der Waals surface area (Å²) in [6.45, 7) is 4.26. The van der Waals surface area contributed by atoms with E-state index in [1.54, 1.807) is 6.08 Å². The van der Waals surface area contributed by atoms with Gasteiger partial charge in [-0.25, -0.2) is 0 Å². The number of aromatic nitrogens is 3. The fourth-order valence-electron chi connectivity index (χ4n) is 2.10. The largest absolute Gasteiger partial charge is 0.453 e. The van der Waals surface area contributed by atoms with E-state index in [0.717, 1.165) is 11.0 Å². The van der Waals surface area contributed by atoms with Crippen LogP contribution in [-0.4, -0.2) is 26.4 Å². The van der Waals surface area contributed by atoms with Crippen molar-refractivity contribution in [2.45, 2.75) is 11.7 Å². The number of amides is 1. The molecule has 1 amide bonds. The van der Waals surface area contributed by atoms with Crippen molar-refractivity contribution in [3.63, 3.8) is 0 Å². The Morgan fingerprint density at radius 2 is 2.23 bits per heavy atom. The van der Waals surface area contributed by atoms with Crippen molar-refractivity contribution in [3.8, 4) is 11.6 Å². The van der Waals surface area contributed by atoms with Gasteiger partial charge in [-0.1, -0.05) is 36.0 Å². The number of allylic oxidation sites excluding steroid dienone is 1. The molecule has 0 bridgehead atoms. The van der Waals surface area contributed by atoms with Crippen LogP contribution in [0.1, 0.15) is 0 Å². The van der Waals surface area contributed by atoms with E-state index in [-0.39, 0.29) is 5.75 Å². The lowest BCUT2D eigenvalue weighted by Gasteiger charge is -2.04. The Balaban J connectivity index is 2.01. The van der Waals surface area contributed by atoms with Crippen molar-refractivity contribution in [3.05, 3.63) is 43.0 Å². The van der Waals surface area contributed by atoms with Crippen molar-refractivity contribution in [1.29, 1.82) is 0 Å². The third-order valence-corrected chi connectivity index (χ3v) is 4.01. The molecule has 0 radical (unpaired) electrons. The number of rotatable bonds is 6. The van der Waals surface area contributed by atoms with Gasteiger partial charge < -0.3 is 10.2 Å². The molecule has 112 valence electrons. The van der Waals surface area contributed by atoms with Crippen LogP contribution in [0.4, 0.5) is 0 Å². The highest BCUT2D eigenvalue weighted by atomic mass is 32.2. The van der Waals surface area contributed by atoms with Crippen LogP contribution < -0.4 is 5.73 Å². The minimum absolute atomic E-state index is 0.148. The predicted molar refractivity (Wildman–Crippen MR) is 85.3 cm³/mol. The molecule has 1 aromatic carbocycles. The summed E-state index contributed by atoms with van der Waals surface area (Å²) in [5.74, 6) is 0.975. The third-order valence-electron chi connectivity index (χ3n) is 3.02. The molecule has 0 saturated heterocycles. The SMILES string of the molecule is C=CCn1c(SCC(N)=O)nnc1-c1cc2ccccc2o1. The van der Waals surface area contributed by atoms with Gasteiger partial charge in [0, 0.05) is 11.9 Å². The second kappa shape index (κ2) is 6.07. The molecule has 0 aliphatic heterocycles. The molecular weight excluding hydrogens is 300 g/mol. The Morgan fingerprint density at radius 1 is 1.41 bits per heavy atom. The van der Waals surface area contributed by atoms with Gasteiger partial charge >= 0.3 is 0 Å². The minimum atomic E-state index is -0.400. The number of hydrogen-bond donors (Lipinski definition) is 1. The maximum atomic E-state index is 10.9. The molecule has 0 unspecified atom stereocenters. The second-order valence-electron chi connectivity index (χ2n) is 4.61. The van der Waals surface area contributed by atoms with Gasteiger partial charge in [0.1, 0.15) is 5.58 Å². The zero-order chi connectivity index (χ0) is 15.5. The molecule has 22 heavy (non-hydrogen) atoms. The maximum Gasteiger partial charge on any atom is 0.227 e. The summed E-state index contributed by atoms with van der Waals surface area (Å²) in [4.78, 5) is 10.9. The van der Waals surface area contributed by atoms with Gasteiger partial charge in [0.05, 0.1) is 5.75 Å². The number of thioether (sulfide) groups is 1. The topological polar surface area (TPSA) is 86.9 Å². The highest BCUT2D eigenvalue weighted by Crippen LogP contribution is 2.29. The van der Waals surface area contributed by atoms with Gasteiger partial charge in [0.15, 0.2) is 10.9 Å². The first-order chi connectivity index (χ1) is 10.7. The summed E-state index contributed by atoms with van der Waals surface area (Å²) in [6, 6.07) is 9.65. The maximum absolute atomic E-state index is 10.9. The van der Waals surface area contributed by atoms with Crippen LogP contribution in [0, 0.1) is 0 Å². The smallest absolute Gasteiger partial charge is 0.227 e. The summed E-state index contributed by atoms with van der Waals surface area (Å²) in [5, 5.41) is 9.89. The van der Waals surface area contributed by atoms with Crippen LogP contribution in [0.5, 0.6) is 0 Å². The molecule has 0 atom stereocenters. The quantitative estimate of drug-likeness (QED) is 0.558. The van der Waals surface area contributed by atoms with Crippen molar-refractivity contribution >= 4 is 28.6 Å². The van der Waals surface area contributed by atoms with Crippen LogP contribution in [0.15, 0.2) is 52.6 Å². The molecule has 0 aliphatic carbocycles. The Labute approximate surface area is 131 Å². The van der Waals surface area contributed by atoms with E-state index >= 15 is 0 Å². The third kappa shape index (κ3) is 2.75. The fraction of sp³-hybridized carbons (Fsp3) is 0.133. The Hall–Kier alpha value is -2.54. The number of furan rings is 1. The summed E-state index contributed by atoms with van der Waals surface area (Å²) in [5.41, 5.74) is 5.97. The van der Waals surface area contributed by atoms with Crippen LogP contribution in [0.3, 0.4) is 0 Å². The molecule has 2 heterocycles. The van der Waals surface area contributed by atoms with Gasteiger partial charge in [-0.15, -0.1) is 16.8 Å². The predicted octanol–water partition coefficient (Wildman–Crippen LogP) is 2.45. The van der Waals surface area contributed by atoms with E-state index in [0.29, 0.717) is 23.3 Å². The molecule has 6 nitrogen and oxygen atoms in total. The van der Waals surface area contributed by atoms with Crippen molar-refractivity contribution < 1.29 is 9.21 Å². The summed E-state index contributed by atoms with van der Waals surface area (Å²) in [7, 11) is 0. The van der Waals surface area contributed by atoms with Crippen LogP contribution >= 0.6 is 11.8 Å². The normalized spacial score (nSPS) is 10.9. The molecular formula is C15H14N4O2S. The van der Waals surface area contributed by atoms with E-state index in [2.05, 4.69) is 16.8 Å². The number of primary amides is 1. The Bertz CT molecular complexity index is 804. The number of carbonyl (C=O) groups excluding carboxylic acids is 1. The first-order valence-corrected chi connectivity index (χ1v) is 7.61. The molecule has 3 rings (SSSR count). The molecule has 3 aromatic rings. The number of benzene rings is 1. The average Bonchev–Trinajstić information content (AvgIpc) is 3.08. The average molecular weight is 314 g/mol. The van der Waals surface area contributed by atoms with E-state index in [1.165, 1.54) is 11.8 Å². The second-order valence-corrected chi connectivity index (χ2v) is 5.55. The molecule has 2 aromatic heterocycles. The van der Waals surface area contributed by atoms with Crippen molar-refractivity contribution in [2.24, 2.45) is 5.73 Å². The van der Waals surface area contributed by atoms with Crippen LogP contribution in [0.25, 0.3) is 22.6 Å². The lowest BCUT2D eigenvalue weighted by atomic mass is 10.2. The van der Waals surface area contributed by atoms with Crippen LogP contribution in [-0.2, 0) is 11.3 Å². The van der Waals surface area contributed by atoms with E-state index in [9.17, 15) is 4.79 Å². The molecule has 7 heteroatoms. The van der Waals surface area contributed by atoms with Crippen LogP contribution in [0.2, 0.25) is 0 Å². The fourth-order valence-corrected chi connectivity index (χ4v) is 2.79. The molecule has 2 N–H and O–H groups in total. The zero-order valence-corrected chi connectivity index (χ0v) is 12.5. The van der Waals surface area contributed by atoms with Gasteiger partial charge in [0.2, 0.25) is 11.7 Å². The van der Waals surface area contributed by atoms with Crippen molar-refractivity contribution in [2.75, 3.05) is 5.75 Å². The first-order valence-electron chi connectivity index (χ1n) is 6.63. The Kier molecular flexibility index (Phi) is 3.97. The van der Waals surface area contributed by atoms with E-state index in [1.807, 2.05) is 34.9 Å². The summed E-state index contributed by atoms with van der Waals surface area (Å²) < 4.78 is 7.67. The van der Waals surface area contributed by atoms with Crippen molar-refractivity contribution in [1.82, 2.24) is 14.8 Å². The number of carbonyl (C=O) groups is 1. The Morgan fingerprint density at radius 3 is 2.95 bits per heavy atom. The number of nitrogens with two attached hydrogens (primary N) is 1. The monoisotopic (exact) mass is 314 g/mol. The summed E-state index contributed by atoms with van der Waals surface area (Å²) >= 11 is 1.24. The van der Waals surface area contributed by atoms with Gasteiger partial charge in [-0.3, -0.25) is 9.36 Å². The number of nitrogens with zero attached hydrogens (tertiary/aromatic N) is 3. The number of para-hydroxylation sites is 1. The first kappa shape index (κ1) is 14.4. The van der Waals surface area contributed by atoms with Gasteiger partial charge in [-0.05, 0) is 12.1 Å². The number of hydrogen-bond acceptors (Lipinski definition) is 5. The lowest BCUT2D eigenvalue weighted by molar-refractivity contribution is -0.115. The highest BCUT2D eigenvalue weighted by molar-refractivity contribution is 7.99. The van der Waals surface area contributed by atoms with Gasteiger partial charge in [0.25, 0.3) is 0 Å². The zero-order valence-electron chi connectivity index (χ0n) is 11.7. The highest BCUT2D eigenvalue weighted by Gasteiger charge is 2.17.